The third kappa shape index (κ3) is 2.42. The number of carbonyl (C=O) groups is 2. The summed E-state index contributed by atoms with van der Waals surface area (Å²) in [7, 11) is 1.56. The summed E-state index contributed by atoms with van der Waals surface area (Å²) in [5.41, 5.74) is 1.08. The zero-order valence-corrected chi connectivity index (χ0v) is 14.2. The average molecular weight is 372 g/mol. The number of halogens is 1. The molecule has 0 unspecified atom stereocenters. The molecule has 0 N–H and O–H groups in total. The van der Waals surface area contributed by atoms with E-state index in [-0.39, 0.29) is 4.90 Å². The molecular weight excluding hydrogens is 362 g/mol. The van der Waals surface area contributed by atoms with Gasteiger partial charge in [0, 0.05) is 16.1 Å². The molecule has 2 amide bonds. The van der Waals surface area contributed by atoms with Crippen molar-refractivity contribution in [1.29, 1.82) is 0 Å². The summed E-state index contributed by atoms with van der Waals surface area (Å²) in [4.78, 5) is 26.2. The Morgan fingerprint density at radius 2 is 1.44 bits per heavy atom. The van der Waals surface area contributed by atoms with Gasteiger partial charge < -0.3 is 0 Å². The van der Waals surface area contributed by atoms with Crippen molar-refractivity contribution in [2.45, 2.75) is 4.90 Å². The molecule has 0 saturated heterocycles. The Morgan fingerprint density at radius 3 is 2.04 bits per heavy atom. The summed E-state index contributed by atoms with van der Waals surface area (Å²) in [6.45, 7) is 0. The Kier molecular flexibility index (Phi) is 3.42. The number of hydrogen-bond acceptors (Lipinski definition) is 4. The van der Waals surface area contributed by atoms with Gasteiger partial charge in [0.2, 0.25) is 0 Å². The van der Waals surface area contributed by atoms with Crippen LogP contribution in [0.2, 0.25) is 0 Å². The van der Waals surface area contributed by atoms with Gasteiger partial charge in [0.1, 0.15) is 0 Å². The Labute approximate surface area is 147 Å². The van der Waals surface area contributed by atoms with Crippen molar-refractivity contribution in [3.63, 3.8) is 0 Å². The molecule has 0 fully saturated rings. The van der Waals surface area contributed by atoms with Gasteiger partial charge in [-0.1, -0.05) is 30.3 Å². The molecule has 0 atom stereocenters. The highest BCUT2D eigenvalue weighted by atomic mass is 35.7. The lowest BCUT2D eigenvalue weighted by atomic mass is 10.1. The molecule has 4 rings (SSSR count). The first-order valence-corrected chi connectivity index (χ1v) is 9.64. The molecule has 124 valence electrons. The second-order valence-electron chi connectivity index (χ2n) is 5.59. The van der Waals surface area contributed by atoms with E-state index in [0.717, 1.165) is 4.90 Å². The van der Waals surface area contributed by atoms with Crippen LogP contribution < -0.4 is 4.90 Å². The summed E-state index contributed by atoms with van der Waals surface area (Å²) in [5, 5.41) is 0.994. The van der Waals surface area contributed by atoms with Crippen LogP contribution in [0.4, 0.5) is 5.69 Å². The zero-order chi connectivity index (χ0) is 17.8. The van der Waals surface area contributed by atoms with E-state index in [1.807, 2.05) is 0 Å². The van der Waals surface area contributed by atoms with Crippen LogP contribution in [0.3, 0.4) is 0 Å². The number of nitrogens with zero attached hydrogens (tertiary/aromatic N) is 1. The number of imide groups is 1. The standard InChI is InChI=1S/C18H10ClNO4S/c19-25(23,24)16-7-3-4-11-10-12(8-9-13(11)16)20-17(21)14-5-1-2-6-15(14)18(20)22/h1-10H. The van der Waals surface area contributed by atoms with Gasteiger partial charge in [0.05, 0.1) is 21.7 Å². The van der Waals surface area contributed by atoms with E-state index in [0.29, 0.717) is 27.6 Å². The van der Waals surface area contributed by atoms with Crippen molar-refractivity contribution in [2.24, 2.45) is 0 Å². The molecule has 0 radical (unpaired) electrons. The molecule has 0 spiro atoms. The molecule has 3 aromatic rings. The number of hydrogen-bond donors (Lipinski definition) is 0. The number of rotatable bonds is 2. The quantitative estimate of drug-likeness (QED) is 0.510. The van der Waals surface area contributed by atoms with Gasteiger partial charge in [0.15, 0.2) is 0 Å². The Hall–Kier alpha value is -2.70. The third-order valence-corrected chi connectivity index (χ3v) is 5.52. The minimum atomic E-state index is -3.90. The van der Waals surface area contributed by atoms with Crippen LogP contribution in [-0.2, 0) is 9.05 Å². The minimum absolute atomic E-state index is 0.0134. The van der Waals surface area contributed by atoms with Crippen LogP contribution in [0.15, 0.2) is 65.6 Å². The monoisotopic (exact) mass is 371 g/mol. The van der Waals surface area contributed by atoms with Crippen molar-refractivity contribution in [3.05, 3.63) is 71.8 Å². The molecule has 1 aliphatic rings. The summed E-state index contributed by atoms with van der Waals surface area (Å²) < 4.78 is 23.4. The number of fused-ring (bicyclic) bond motifs is 2. The summed E-state index contributed by atoms with van der Waals surface area (Å²) >= 11 is 0. The fourth-order valence-corrected chi connectivity index (χ4v) is 4.11. The van der Waals surface area contributed by atoms with E-state index < -0.39 is 20.9 Å². The lowest BCUT2D eigenvalue weighted by molar-refractivity contribution is 0.0926. The number of benzene rings is 3. The maximum atomic E-state index is 12.6. The van der Waals surface area contributed by atoms with Gasteiger partial charge in [0.25, 0.3) is 20.9 Å². The van der Waals surface area contributed by atoms with Gasteiger partial charge in [-0.15, -0.1) is 0 Å². The number of carbonyl (C=O) groups excluding carboxylic acids is 2. The van der Waals surface area contributed by atoms with Crippen molar-refractivity contribution in [3.8, 4) is 0 Å². The summed E-state index contributed by atoms with van der Waals surface area (Å²) in [6, 6.07) is 16.0. The maximum absolute atomic E-state index is 12.6. The van der Waals surface area contributed by atoms with E-state index >= 15 is 0 Å². The molecule has 7 heteroatoms. The van der Waals surface area contributed by atoms with Crippen LogP contribution in [0.5, 0.6) is 0 Å². The highest BCUT2D eigenvalue weighted by Gasteiger charge is 2.36. The first-order valence-electron chi connectivity index (χ1n) is 7.33. The van der Waals surface area contributed by atoms with Gasteiger partial charge >= 0.3 is 0 Å². The fraction of sp³-hybridized carbons (Fsp3) is 0. The van der Waals surface area contributed by atoms with Crippen molar-refractivity contribution >= 4 is 48.0 Å². The van der Waals surface area contributed by atoms with Gasteiger partial charge in [-0.25, -0.2) is 13.3 Å². The first-order chi connectivity index (χ1) is 11.9. The lowest BCUT2D eigenvalue weighted by Crippen LogP contribution is -2.29. The molecule has 0 aliphatic carbocycles. The Bertz CT molecular complexity index is 1140. The summed E-state index contributed by atoms with van der Waals surface area (Å²) in [6.07, 6.45) is 0. The van der Waals surface area contributed by atoms with E-state index in [9.17, 15) is 18.0 Å². The first kappa shape index (κ1) is 15.8. The van der Waals surface area contributed by atoms with E-state index in [4.69, 9.17) is 10.7 Å². The number of anilines is 1. The van der Waals surface area contributed by atoms with Gasteiger partial charge in [-0.2, -0.15) is 0 Å². The predicted octanol–water partition coefficient (Wildman–Crippen LogP) is 3.57. The second-order valence-corrected chi connectivity index (χ2v) is 8.13. The highest BCUT2D eigenvalue weighted by Crippen LogP contribution is 2.33. The fourth-order valence-electron chi connectivity index (χ4n) is 3.02. The van der Waals surface area contributed by atoms with E-state index in [2.05, 4.69) is 0 Å². The SMILES string of the molecule is O=C1c2ccccc2C(=O)N1c1ccc2c(S(=O)(=O)Cl)cccc2c1. The Morgan fingerprint density at radius 1 is 0.800 bits per heavy atom. The average Bonchev–Trinajstić information content (AvgIpc) is 2.84. The molecule has 0 aromatic heterocycles. The van der Waals surface area contributed by atoms with E-state index in [1.54, 1.807) is 48.5 Å². The molecular formula is C18H10ClNO4S. The molecule has 25 heavy (non-hydrogen) atoms. The molecule has 3 aromatic carbocycles. The molecule has 0 bridgehead atoms. The van der Waals surface area contributed by atoms with E-state index in [1.165, 1.54) is 12.1 Å². The normalized spacial score (nSPS) is 14.2. The predicted molar refractivity (Wildman–Crippen MR) is 94.6 cm³/mol. The van der Waals surface area contributed by atoms with Gasteiger partial charge in [-0.05, 0) is 35.7 Å². The highest BCUT2D eigenvalue weighted by molar-refractivity contribution is 8.14. The van der Waals surface area contributed by atoms with Crippen molar-refractivity contribution < 1.29 is 18.0 Å². The third-order valence-electron chi connectivity index (χ3n) is 4.14. The van der Waals surface area contributed by atoms with Crippen LogP contribution in [0.25, 0.3) is 10.8 Å². The van der Waals surface area contributed by atoms with Gasteiger partial charge in [-0.3, -0.25) is 9.59 Å². The van der Waals surface area contributed by atoms with Crippen LogP contribution in [0.1, 0.15) is 20.7 Å². The van der Waals surface area contributed by atoms with Crippen molar-refractivity contribution in [2.75, 3.05) is 4.90 Å². The second kappa shape index (κ2) is 5.40. The molecule has 5 nitrogen and oxygen atoms in total. The number of amides is 2. The lowest BCUT2D eigenvalue weighted by Gasteiger charge is -2.15. The van der Waals surface area contributed by atoms with Crippen LogP contribution in [0, 0.1) is 0 Å². The molecule has 1 heterocycles. The topological polar surface area (TPSA) is 71.5 Å². The largest absolute Gasteiger partial charge is 0.268 e. The molecule has 1 aliphatic heterocycles. The summed E-state index contributed by atoms with van der Waals surface area (Å²) in [5.74, 6) is -0.804. The molecule has 0 saturated carbocycles. The van der Waals surface area contributed by atoms with Crippen LogP contribution >= 0.6 is 10.7 Å². The maximum Gasteiger partial charge on any atom is 0.266 e. The van der Waals surface area contributed by atoms with Crippen LogP contribution in [-0.4, -0.2) is 20.2 Å². The Balaban J connectivity index is 1.87. The smallest absolute Gasteiger partial charge is 0.266 e. The zero-order valence-electron chi connectivity index (χ0n) is 12.6. The van der Waals surface area contributed by atoms with Crippen molar-refractivity contribution in [1.82, 2.24) is 0 Å². The minimum Gasteiger partial charge on any atom is -0.268 e.